The van der Waals surface area contributed by atoms with Crippen LogP contribution in [0.1, 0.15) is 23.0 Å². The van der Waals surface area contributed by atoms with Gasteiger partial charge in [0.25, 0.3) is 0 Å². The molecule has 1 heterocycles. The minimum absolute atomic E-state index is 0.393. The van der Waals surface area contributed by atoms with Gasteiger partial charge in [0.1, 0.15) is 17.6 Å². The van der Waals surface area contributed by atoms with E-state index in [2.05, 4.69) is 0 Å². The Bertz CT molecular complexity index is 563. The Morgan fingerprint density at radius 3 is 2.50 bits per heavy atom. The van der Waals surface area contributed by atoms with Gasteiger partial charge < -0.3 is 14.3 Å². The molecule has 96 valence electrons. The number of hydrogen-bond donors (Lipinski definition) is 1. The van der Waals surface area contributed by atoms with Gasteiger partial charge in [-0.05, 0) is 19.1 Å². The van der Waals surface area contributed by atoms with E-state index in [1.165, 1.54) is 13.4 Å². The summed E-state index contributed by atoms with van der Waals surface area (Å²) < 4.78 is 10.2. The predicted molar refractivity (Wildman–Crippen MR) is 70.5 cm³/mol. The van der Waals surface area contributed by atoms with Gasteiger partial charge in [-0.3, -0.25) is 0 Å². The number of rotatable bonds is 3. The molecule has 0 aliphatic rings. The Hall–Kier alpha value is -1.16. The highest BCUT2D eigenvalue weighted by Gasteiger charge is 2.19. The summed E-state index contributed by atoms with van der Waals surface area (Å²) in [5, 5.41) is 11.1. The lowest BCUT2D eigenvalue weighted by molar-refractivity contribution is 0.218. The second kappa shape index (κ2) is 5.22. The number of ether oxygens (including phenoxy) is 1. The van der Waals surface area contributed by atoms with E-state index in [0.717, 1.165) is 0 Å². The van der Waals surface area contributed by atoms with Gasteiger partial charge in [-0.2, -0.15) is 0 Å². The first-order valence-corrected chi connectivity index (χ1v) is 6.05. The van der Waals surface area contributed by atoms with Crippen LogP contribution in [0.2, 0.25) is 10.0 Å². The standard InChI is InChI=1S/C13H12Cl2O3/c1-7-8(3-4-18-7)13(16)9-5-11(15)12(17-2)6-10(9)14/h3-6,13,16H,1-2H3. The van der Waals surface area contributed by atoms with E-state index < -0.39 is 6.10 Å². The average molecular weight is 287 g/mol. The molecule has 0 bridgehead atoms. The number of methoxy groups -OCH3 is 1. The SMILES string of the molecule is COc1cc(Cl)c(C(O)c2ccoc2C)cc1Cl. The fourth-order valence-electron chi connectivity index (χ4n) is 1.76. The molecule has 3 nitrogen and oxygen atoms in total. The van der Waals surface area contributed by atoms with Gasteiger partial charge in [0.05, 0.1) is 23.4 Å². The van der Waals surface area contributed by atoms with E-state index in [9.17, 15) is 5.11 Å². The minimum atomic E-state index is -0.875. The van der Waals surface area contributed by atoms with Crippen LogP contribution in [-0.4, -0.2) is 12.2 Å². The molecule has 0 radical (unpaired) electrons. The smallest absolute Gasteiger partial charge is 0.138 e. The minimum Gasteiger partial charge on any atom is -0.495 e. The van der Waals surface area contributed by atoms with Crippen LogP contribution >= 0.6 is 23.2 Å². The van der Waals surface area contributed by atoms with Gasteiger partial charge in [-0.1, -0.05) is 23.2 Å². The second-order valence-electron chi connectivity index (χ2n) is 3.84. The Morgan fingerprint density at radius 1 is 1.22 bits per heavy atom. The zero-order valence-electron chi connectivity index (χ0n) is 9.91. The Labute approximate surface area is 115 Å². The molecule has 1 aromatic carbocycles. The number of aliphatic hydroxyl groups excluding tert-OH is 1. The fraction of sp³-hybridized carbons (Fsp3) is 0.231. The van der Waals surface area contributed by atoms with E-state index >= 15 is 0 Å². The van der Waals surface area contributed by atoms with Gasteiger partial charge >= 0.3 is 0 Å². The van der Waals surface area contributed by atoms with Gasteiger partial charge in [0, 0.05) is 17.2 Å². The molecule has 0 saturated heterocycles. The van der Waals surface area contributed by atoms with Crippen molar-refractivity contribution < 1.29 is 14.3 Å². The summed E-state index contributed by atoms with van der Waals surface area (Å²) in [5.41, 5.74) is 1.19. The molecule has 1 aromatic heterocycles. The van der Waals surface area contributed by atoms with Crippen molar-refractivity contribution in [2.45, 2.75) is 13.0 Å². The highest BCUT2D eigenvalue weighted by Crippen LogP contribution is 2.36. The highest BCUT2D eigenvalue weighted by atomic mass is 35.5. The monoisotopic (exact) mass is 286 g/mol. The predicted octanol–water partition coefficient (Wildman–Crippen LogP) is 3.99. The van der Waals surface area contributed by atoms with E-state index in [4.69, 9.17) is 32.4 Å². The van der Waals surface area contributed by atoms with Crippen LogP contribution in [0.3, 0.4) is 0 Å². The topological polar surface area (TPSA) is 42.6 Å². The normalized spacial score (nSPS) is 12.5. The Balaban J connectivity index is 2.46. The molecule has 0 amide bonds. The number of benzene rings is 1. The third-order valence-corrected chi connectivity index (χ3v) is 3.38. The summed E-state index contributed by atoms with van der Waals surface area (Å²) in [6.07, 6.45) is 0.645. The molecule has 1 N–H and O–H groups in total. The van der Waals surface area contributed by atoms with Gasteiger partial charge in [-0.25, -0.2) is 0 Å². The lowest BCUT2D eigenvalue weighted by Gasteiger charge is -2.14. The van der Waals surface area contributed by atoms with Crippen molar-refractivity contribution in [3.8, 4) is 5.75 Å². The second-order valence-corrected chi connectivity index (χ2v) is 4.66. The Kier molecular flexibility index (Phi) is 3.85. The van der Waals surface area contributed by atoms with E-state index in [0.29, 0.717) is 32.7 Å². The van der Waals surface area contributed by atoms with Crippen molar-refractivity contribution in [3.63, 3.8) is 0 Å². The van der Waals surface area contributed by atoms with Gasteiger partial charge in [-0.15, -0.1) is 0 Å². The van der Waals surface area contributed by atoms with Crippen LogP contribution in [0.15, 0.2) is 28.9 Å². The van der Waals surface area contributed by atoms with Crippen molar-refractivity contribution in [1.29, 1.82) is 0 Å². The van der Waals surface area contributed by atoms with Crippen LogP contribution in [0.25, 0.3) is 0 Å². The number of halogens is 2. The fourth-order valence-corrected chi connectivity index (χ4v) is 2.26. The molecule has 0 aliphatic carbocycles. The van der Waals surface area contributed by atoms with Crippen molar-refractivity contribution in [3.05, 3.63) is 51.4 Å². The molecule has 2 aromatic rings. The number of furan rings is 1. The molecule has 5 heteroatoms. The van der Waals surface area contributed by atoms with Crippen LogP contribution in [0.5, 0.6) is 5.75 Å². The summed E-state index contributed by atoms with van der Waals surface area (Å²) in [7, 11) is 1.51. The molecule has 2 rings (SSSR count). The molecule has 1 unspecified atom stereocenters. The summed E-state index contributed by atoms with van der Waals surface area (Å²) >= 11 is 12.1. The largest absolute Gasteiger partial charge is 0.495 e. The quantitative estimate of drug-likeness (QED) is 0.928. The maximum absolute atomic E-state index is 10.3. The summed E-state index contributed by atoms with van der Waals surface area (Å²) in [5.74, 6) is 1.12. The van der Waals surface area contributed by atoms with Gasteiger partial charge in [0.2, 0.25) is 0 Å². The maximum atomic E-state index is 10.3. The first-order chi connectivity index (χ1) is 8.54. The summed E-state index contributed by atoms with van der Waals surface area (Å²) in [4.78, 5) is 0. The average Bonchev–Trinajstić information content (AvgIpc) is 2.77. The third kappa shape index (κ3) is 2.34. The van der Waals surface area contributed by atoms with Gasteiger partial charge in [0.15, 0.2) is 0 Å². The van der Waals surface area contributed by atoms with Crippen LogP contribution in [-0.2, 0) is 0 Å². The maximum Gasteiger partial charge on any atom is 0.138 e. The molecule has 18 heavy (non-hydrogen) atoms. The summed E-state index contributed by atoms with van der Waals surface area (Å²) in [6, 6.07) is 4.88. The summed E-state index contributed by atoms with van der Waals surface area (Å²) in [6.45, 7) is 1.78. The molecular formula is C13H12Cl2O3. The molecule has 0 spiro atoms. The molecule has 0 fully saturated rings. The van der Waals surface area contributed by atoms with E-state index in [1.54, 1.807) is 25.1 Å². The van der Waals surface area contributed by atoms with Crippen molar-refractivity contribution >= 4 is 23.2 Å². The van der Waals surface area contributed by atoms with Crippen LogP contribution in [0.4, 0.5) is 0 Å². The molecule has 1 atom stereocenters. The first kappa shape index (κ1) is 13.3. The van der Waals surface area contributed by atoms with E-state index in [1.807, 2.05) is 0 Å². The van der Waals surface area contributed by atoms with Crippen LogP contribution < -0.4 is 4.74 Å². The lowest BCUT2D eigenvalue weighted by atomic mass is 10.0. The third-order valence-electron chi connectivity index (χ3n) is 2.76. The van der Waals surface area contributed by atoms with Crippen molar-refractivity contribution in [2.75, 3.05) is 7.11 Å². The number of aryl methyl sites for hydroxylation is 1. The molecule has 0 saturated carbocycles. The number of hydrogen-bond acceptors (Lipinski definition) is 3. The van der Waals surface area contributed by atoms with E-state index in [-0.39, 0.29) is 0 Å². The van der Waals surface area contributed by atoms with Crippen molar-refractivity contribution in [1.82, 2.24) is 0 Å². The Morgan fingerprint density at radius 2 is 1.94 bits per heavy atom. The lowest BCUT2D eigenvalue weighted by Crippen LogP contribution is -2.01. The zero-order valence-corrected chi connectivity index (χ0v) is 11.4. The number of aliphatic hydroxyl groups is 1. The molecule has 0 aliphatic heterocycles. The van der Waals surface area contributed by atoms with Crippen molar-refractivity contribution in [2.24, 2.45) is 0 Å². The highest BCUT2D eigenvalue weighted by molar-refractivity contribution is 6.34. The molecular weight excluding hydrogens is 275 g/mol. The first-order valence-electron chi connectivity index (χ1n) is 5.29. The zero-order chi connectivity index (χ0) is 13.3. The van der Waals surface area contributed by atoms with Crippen LogP contribution in [0, 0.1) is 6.92 Å².